The minimum absolute atomic E-state index is 0.00128. The number of carbonyl (C=O) groups excluding carboxylic acids is 6. The molecule has 11 nitrogen and oxygen atoms in total. The van der Waals surface area contributed by atoms with E-state index in [0.717, 1.165) is 12.2 Å². The van der Waals surface area contributed by atoms with Gasteiger partial charge in [-0.05, 0) is 36.4 Å². The van der Waals surface area contributed by atoms with E-state index in [9.17, 15) is 28.8 Å². The first-order chi connectivity index (χ1) is 15.7. The molecule has 0 aromatic heterocycles. The zero-order valence-corrected chi connectivity index (χ0v) is 16.6. The molecule has 4 amide bonds. The van der Waals surface area contributed by atoms with Crippen molar-refractivity contribution in [3.8, 4) is 11.5 Å². The van der Waals surface area contributed by atoms with E-state index < -0.39 is 35.6 Å². The van der Waals surface area contributed by atoms with E-state index in [0.29, 0.717) is 10.1 Å². The Morgan fingerprint density at radius 1 is 0.636 bits per heavy atom. The molecular weight excluding hydrogens is 436 g/mol. The lowest BCUT2D eigenvalue weighted by molar-refractivity contribution is -0.162. The first-order valence-corrected chi connectivity index (χ1v) is 9.17. The van der Waals surface area contributed by atoms with Gasteiger partial charge in [0.25, 0.3) is 23.6 Å². The van der Waals surface area contributed by atoms with E-state index in [1.54, 1.807) is 0 Å². The smallest absolute Gasteiger partial charge is 0.356 e. The third kappa shape index (κ3) is 3.53. The van der Waals surface area contributed by atoms with Crippen molar-refractivity contribution >= 4 is 35.6 Å². The highest BCUT2D eigenvalue weighted by molar-refractivity contribution is 6.22. The van der Waals surface area contributed by atoms with Crippen molar-refractivity contribution in [2.75, 3.05) is 0 Å². The molecule has 0 bridgehead atoms. The lowest BCUT2D eigenvalue weighted by atomic mass is 10.1. The Bertz CT molecular complexity index is 1210. The van der Waals surface area contributed by atoms with Crippen LogP contribution >= 0.6 is 0 Å². The third-order valence-electron chi connectivity index (χ3n) is 4.57. The standard InChI is InChI=1S/C22H12N2O9/c1-3-17(25)32-23-19(27)13-7-5-11(9-15(13)21(23)29)31-12-6-8-14-16(10-12)22(30)24(20(14)28)33-18(26)4-2/h3-10H,1-2H2. The number of carbonyl (C=O) groups is 6. The first-order valence-electron chi connectivity index (χ1n) is 9.17. The number of hydrogen-bond donors (Lipinski definition) is 0. The average Bonchev–Trinajstić information content (AvgIpc) is 3.18. The van der Waals surface area contributed by atoms with Gasteiger partial charge in [0.2, 0.25) is 0 Å². The molecule has 0 spiro atoms. The van der Waals surface area contributed by atoms with Crippen molar-refractivity contribution in [1.82, 2.24) is 10.1 Å². The molecule has 33 heavy (non-hydrogen) atoms. The number of nitrogens with zero attached hydrogens (tertiary/aromatic N) is 2. The molecule has 2 aromatic carbocycles. The van der Waals surface area contributed by atoms with E-state index in [2.05, 4.69) is 22.8 Å². The van der Waals surface area contributed by atoms with E-state index in [4.69, 9.17) is 4.74 Å². The van der Waals surface area contributed by atoms with Crippen LogP contribution in [0.4, 0.5) is 0 Å². The van der Waals surface area contributed by atoms with Gasteiger partial charge in [-0.15, -0.1) is 0 Å². The van der Waals surface area contributed by atoms with E-state index >= 15 is 0 Å². The van der Waals surface area contributed by atoms with Crippen LogP contribution < -0.4 is 4.74 Å². The number of fused-ring (bicyclic) bond motifs is 2. The van der Waals surface area contributed by atoms with Crippen molar-refractivity contribution in [1.29, 1.82) is 0 Å². The number of hydroxylamine groups is 4. The molecule has 2 heterocycles. The summed E-state index contributed by atoms with van der Waals surface area (Å²) in [6.45, 7) is 6.40. The highest BCUT2D eigenvalue weighted by Crippen LogP contribution is 2.32. The molecule has 2 aliphatic heterocycles. The average molecular weight is 448 g/mol. The number of ether oxygens (including phenoxy) is 1. The Morgan fingerprint density at radius 3 is 1.36 bits per heavy atom. The summed E-state index contributed by atoms with van der Waals surface area (Å²) in [6.07, 6.45) is 1.61. The van der Waals surface area contributed by atoms with Gasteiger partial charge in [-0.3, -0.25) is 19.2 Å². The monoisotopic (exact) mass is 448 g/mol. The fourth-order valence-corrected chi connectivity index (χ4v) is 3.08. The molecule has 0 atom stereocenters. The Balaban J connectivity index is 1.57. The van der Waals surface area contributed by atoms with Crippen LogP contribution in [0.3, 0.4) is 0 Å². The number of amides is 4. The van der Waals surface area contributed by atoms with Crippen LogP contribution in [0, 0.1) is 0 Å². The summed E-state index contributed by atoms with van der Waals surface area (Å²) in [5.41, 5.74) is -0.134. The predicted octanol–water partition coefficient (Wildman–Crippen LogP) is 1.96. The predicted molar refractivity (Wildman–Crippen MR) is 107 cm³/mol. The summed E-state index contributed by atoms with van der Waals surface area (Å²) < 4.78 is 5.66. The molecule has 11 heteroatoms. The molecule has 0 saturated heterocycles. The molecule has 2 aliphatic rings. The highest BCUT2D eigenvalue weighted by atomic mass is 16.7. The zero-order chi connectivity index (χ0) is 23.9. The second kappa shape index (κ2) is 7.89. The van der Waals surface area contributed by atoms with Gasteiger partial charge in [-0.1, -0.05) is 23.3 Å². The molecule has 0 aliphatic carbocycles. The SMILES string of the molecule is C=CC(=O)ON1C(=O)c2ccc(Oc3ccc4c(c3)C(=O)N(OC(=O)C=C)C4=O)cc2C1=O. The van der Waals surface area contributed by atoms with Crippen LogP contribution in [0.1, 0.15) is 41.4 Å². The van der Waals surface area contributed by atoms with Gasteiger partial charge in [-0.25, -0.2) is 9.59 Å². The molecule has 0 saturated carbocycles. The quantitative estimate of drug-likeness (QED) is 0.480. The number of rotatable bonds is 6. The summed E-state index contributed by atoms with van der Waals surface area (Å²) in [6, 6.07) is 7.92. The van der Waals surface area contributed by atoms with Gasteiger partial charge >= 0.3 is 11.9 Å². The van der Waals surface area contributed by atoms with Crippen LogP contribution in [0.5, 0.6) is 11.5 Å². The zero-order valence-electron chi connectivity index (χ0n) is 16.6. The van der Waals surface area contributed by atoms with Crippen LogP contribution in [0.15, 0.2) is 61.7 Å². The number of imide groups is 2. The van der Waals surface area contributed by atoms with Crippen molar-refractivity contribution in [2.24, 2.45) is 0 Å². The van der Waals surface area contributed by atoms with Gasteiger partial charge in [0, 0.05) is 12.2 Å². The summed E-state index contributed by atoms with van der Waals surface area (Å²) in [5, 5.41) is 0.633. The minimum Gasteiger partial charge on any atom is -0.457 e. The lowest BCUT2D eigenvalue weighted by Gasteiger charge is -2.10. The fraction of sp³-hybridized carbons (Fsp3) is 0. The summed E-state index contributed by atoms with van der Waals surface area (Å²) in [4.78, 5) is 81.5. The summed E-state index contributed by atoms with van der Waals surface area (Å²) in [5.74, 6) is -5.11. The van der Waals surface area contributed by atoms with Gasteiger partial charge in [-0.2, -0.15) is 0 Å². The number of hydrogen-bond acceptors (Lipinski definition) is 9. The van der Waals surface area contributed by atoms with E-state index in [1.165, 1.54) is 36.4 Å². The summed E-state index contributed by atoms with van der Waals surface area (Å²) in [7, 11) is 0. The second-order valence-electron chi connectivity index (χ2n) is 6.56. The first kappa shape index (κ1) is 21.2. The minimum atomic E-state index is -0.980. The molecule has 4 rings (SSSR count). The molecular formula is C22H12N2O9. The van der Waals surface area contributed by atoms with Gasteiger partial charge in [0.15, 0.2) is 0 Å². The Hall–Kier alpha value is -5.06. The maximum Gasteiger partial charge on any atom is 0.356 e. The topological polar surface area (TPSA) is 137 Å². The molecule has 2 aromatic rings. The third-order valence-corrected chi connectivity index (χ3v) is 4.57. The maximum atomic E-state index is 12.4. The van der Waals surface area contributed by atoms with Crippen LogP contribution in [0.25, 0.3) is 0 Å². The number of benzene rings is 2. The van der Waals surface area contributed by atoms with Crippen LogP contribution in [-0.2, 0) is 19.3 Å². The Labute approximate surface area is 184 Å². The maximum absolute atomic E-state index is 12.4. The normalized spacial score (nSPS) is 14.1. The molecule has 0 N–H and O–H groups in total. The van der Waals surface area contributed by atoms with E-state index in [1.807, 2.05) is 0 Å². The summed E-state index contributed by atoms with van der Waals surface area (Å²) >= 11 is 0. The van der Waals surface area contributed by atoms with Crippen LogP contribution in [-0.4, -0.2) is 45.7 Å². The second-order valence-corrected chi connectivity index (χ2v) is 6.56. The van der Waals surface area contributed by atoms with Gasteiger partial charge in [0.05, 0.1) is 22.3 Å². The van der Waals surface area contributed by atoms with Gasteiger partial charge < -0.3 is 14.4 Å². The Kier molecular flexibility index (Phi) is 5.06. The van der Waals surface area contributed by atoms with Crippen molar-refractivity contribution < 1.29 is 43.2 Å². The molecule has 0 radical (unpaired) electrons. The Morgan fingerprint density at radius 2 is 1.00 bits per heavy atom. The molecule has 0 unspecified atom stereocenters. The molecule has 0 fully saturated rings. The van der Waals surface area contributed by atoms with Gasteiger partial charge in [0.1, 0.15) is 11.5 Å². The highest BCUT2D eigenvalue weighted by Gasteiger charge is 2.40. The van der Waals surface area contributed by atoms with Crippen molar-refractivity contribution in [3.63, 3.8) is 0 Å². The lowest BCUT2D eigenvalue weighted by Crippen LogP contribution is -2.31. The largest absolute Gasteiger partial charge is 0.457 e. The van der Waals surface area contributed by atoms with Crippen molar-refractivity contribution in [3.05, 3.63) is 84.0 Å². The van der Waals surface area contributed by atoms with Crippen LogP contribution in [0.2, 0.25) is 0 Å². The fourth-order valence-electron chi connectivity index (χ4n) is 3.08. The van der Waals surface area contributed by atoms with Crippen molar-refractivity contribution in [2.45, 2.75) is 0 Å². The van der Waals surface area contributed by atoms with E-state index in [-0.39, 0.29) is 33.8 Å². The molecule has 164 valence electrons.